The molecule has 1 aromatic carbocycles. The maximum absolute atomic E-state index is 11.3. The maximum atomic E-state index is 11.3. The number of hydrogen-bond acceptors (Lipinski definition) is 2. The van der Waals surface area contributed by atoms with Gasteiger partial charge in [0.05, 0.1) is 24.3 Å². The average Bonchev–Trinajstić information content (AvgIpc) is 3.07. The van der Waals surface area contributed by atoms with E-state index in [-0.39, 0.29) is 11.8 Å². The van der Waals surface area contributed by atoms with Crippen LogP contribution in [0.15, 0.2) is 36.8 Å². The molecular formula is C17H19N3O. The highest BCUT2D eigenvalue weighted by atomic mass is 16.1. The van der Waals surface area contributed by atoms with Gasteiger partial charge in [0.1, 0.15) is 0 Å². The molecule has 2 N–H and O–H groups in total. The number of carbonyl (C=O) groups is 1. The van der Waals surface area contributed by atoms with E-state index in [1.807, 2.05) is 12.5 Å². The average molecular weight is 281 g/mol. The number of nitrogens with zero attached hydrogens (tertiary/aromatic N) is 2. The van der Waals surface area contributed by atoms with E-state index in [1.54, 1.807) is 0 Å². The zero-order valence-electron chi connectivity index (χ0n) is 11.9. The first-order valence-electron chi connectivity index (χ1n) is 7.66. The third-order valence-corrected chi connectivity index (χ3v) is 5.14. The molecule has 4 rings (SSSR count). The van der Waals surface area contributed by atoms with E-state index in [0.29, 0.717) is 12.0 Å². The number of rotatable bonds is 2. The number of primary amides is 1. The van der Waals surface area contributed by atoms with Gasteiger partial charge in [-0.15, -0.1) is 0 Å². The number of amides is 1. The Balaban J connectivity index is 1.66. The summed E-state index contributed by atoms with van der Waals surface area (Å²) in [6.45, 7) is 0. The molecule has 2 heterocycles. The smallest absolute Gasteiger partial charge is 0.220 e. The molecule has 2 aromatic rings. The highest BCUT2D eigenvalue weighted by Crippen LogP contribution is 2.47. The Morgan fingerprint density at radius 3 is 2.71 bits per heavy atom. The SMILES string of the molecule is NC(=O)[C@H]1CC[C@@H]([C@H]2c3ccccc3-c3cncn32)CC1. The summed E-state index contributed by atoms with van der Waals surface area (Å²) >= 11 is 0. The van der Waals surface area contributed by atoms with Crippen LogP contribution in [0.25, 0.3) is 11.3 Å². The number of benzene rings is 1. The lowest BCUT2D eigenvalue weighted by atomic mass is 9.76. The summed E-state index contributed by atoms with van der Waals surface area (Å²) in [6, 6.07) is 8.97. The van der Waals surface area contributed by atoms with Gasteiger partial charge in [-0.2, -0.15) is 0 Å². The summed E-state index contributed by atoms with van der Waals surface area (Å²) < 4.78 is 2.31. The fourth-order valence-electron chi connectivity index (χ4n) is 4.07. The highest BCUT2D eigenvalue weighted by Gasteiger charge is 2.36. The molecule has 21 heavy (non-hydrogen) atoms. The Hall–Kier alpha value is -2.10. The second kappa shape index (κ2) is 4.72. The quantitative estimate of drug-likeness (QED) is 0.920. The van der Waals surface area contributed by atoms with Gasteiger partial charge < -0.3 is 10.3 Å². The molecule has 108 valence electrons. The molecule has 1 aliphatic carbocycles. The fourth-order valence-corrected chi connectivity index (χ4v) is 4.07. The molecule has 4 nitrogen and oxygen atoms in total. The van der Waals surface area contributed by atoms with Gasteiger partial charge in [0.25, 0.3) is 0 Å². The van der Waals surface area contributed by atoms with Crippen molar-refractivity contribution in [3.8, 4) is 11.3 Å². The van der Waals surface area contributed by atoms with Gasteiger partial charge in [0.15, 0.2) is 0 Å². The maximum Gasteiger partial charge on any atom is 0.220 e. The summed E-state index contributed by atoms with van der Waals surface area (Å²) in [7, 11) is 0. The topological polar surface area (TPSA) is 60.9 Å². The Bertz CT molecular complexity index is 683. The number of fused-ring (bicyclic) bond motifs is 3. The summed E-state index contributed by atoms with van der Waals surface area (Å²) in [5.41, 5.74) is 9.37. The van der Waals surface area contributed by atoms with Crippen LogP contribution in [0.1, 0.15) is 37.3 Å². The fraction of sp³-hybridized carbons (Fsp3) is 0.412. The first kappa shape index (κ1) is 12.6. The molecule has 1 atom stereocenters. The van der Waals surface area contributed by atoms with E-state index in [2.05, 4.69) is 33.8 Å². The first-order valence-corrected chi connectivity index (χ1v) is 7.66. The predicted octanol–water partition coefficient (Wildman–Crippen LogP) is 2.74. The van der Waals surface area contributed by atoms with E-state index in [0.717, 1.165) is 25.7 Å². The number of imidazole rings is 1. The Morgan fingerprint density at radius 2 is 1.95 bits per heavy atom. The van der Waals surface area contributed by atoms with Gasteiger partial charge in [0.2, 0.25) is 5.91 Å². The molecule has 4 heteroatoms. The molecule has 0 unspecified atom stereocenters. The van der Waals surface area contributed by atoms with Crippen molar-refractivity contribution in [2.24, 2.45) is 17.6 Å². The van der Waals surface area contributed by atoms with Crippen LogP contribution < -0.4 is 5.73 Å². The van der Waals surface area contributed by atoms with Crippen LogP contribution in [0.5, 0.6) is 0 Å². The van der Waals surface area contributed by atoms with E-state index >= 15 is 0 Å². The van der Waals surface area contributed by atoms with Crippen molar-refractivity contribution in [2.45, 2.75) is 31.7 Å². The van der Waals surface area contributed by atoms with Crippen LogP contribution in [0, 0.1) is 11.8 Å². The lowest BCUT2D eigenvalue weighted by Gasteiger charge is -2.32. The molecule has 1 aromatic heterocycles. The Kier molecular flexibility index (Phi) is 2.84. The number of aromatic nitrogens is 2. The summed E-state index contributed by atoms with van der Waals surface area (Å²) in [4.78, 5) is 15.7. The Labute approximate surface area is 124 Å². The predicted molar refractivity (Wildman–Crippen MR) is 80.4 cm³/mol. The number of carbonyl (C=O) groups excluding carboxylic acids is 1. The van der Waals surface area contributed by atoms with Crippen LogP contribution in [0.4, 0.5) is 0 Å². The largest absolute Gasteiger partial charge is 0.369 e. The molecule has 0 radical (unpaired) electrons. The van der Waals surface area contributed by atoms with Crippen molar-refractivity contribution in [2.75, 3.05) is 0 Å². The Morgan fingerprint density at radius 1 is 1.19 bits per heavy atom. The van der Waals surface area contributed by atoms with Crippen LogP contribution in [0.3, 0.4) is 0 Å². The third-order valence-electron chi connectivity index (χ3n) is 5.14. The molecule has 0 spiro atoms. The second-order valence-electron chi connectivity index (χ2n) is 6.23. The van der Waals surface area contributed by atoms with Crippen LogP contribution in [0.2, 0.25) is 0 Å². The molecular weight excluding hydrogens is 262 g/mol. The van der Waals surface area contributed by atoms with Gasteiger partial charge in [-0.25, -0.2) is 4.98 Å². The molecule has 0 bridgehead atoms. The molecule has 1 amide bonds. The van der Waals surface area contributed by atoms with Gasteiger partial charge >= 0.3 is 0 Å². The minimum absolute atomic E-state index is 0.0696. The second-order valence-corrected chi connectivity index (χ2v) is 6.23. The van der Waals surface area contributed by atoms with Crippen molar-refractivity contribution >= 4 is 5.91 Å². The number of nitrogens with two attached hydrogens (primary N) is 1. The minimum atomic E-state index is -0.136. The van der Waals surface area contributed by atoms with E-state index in [1.165, 1.54) is 16.8 Å². The zero-order chi connectivity index (χ0) is 14.4. The van der Waals surface area contributed by atoms with Crippen molar-refractivity contribution in [3.05, 3.63) is 42.4 Å². The van der Waals surface area contributed by atoms with Crippen LogP contribution in [-0.2, 0) is 4.79 Å². The lowest BCUT2D eigenvalue weighted by Crippen LogP contribution is -2.30. The van der Waals surface area contributed by atoms with E-state index < -0.39 is 0 Å². The normalized spacial score (nSPS) is 27.1. The summed E-state index contributed by atoms with van der Waals surface area (Å²) in [5, 5.41) is 0. The first-order chi connectivity index (χ1) is 10.3. The van der Waals surface area contributed by atoms with Crippen molar-refractivity contribution in [1.29, 1.82) is 0 Å². The molecule has 0 saturated heterocycles. The van der Waals surface area contributed by atoms with Crippen molar-refractivity contribution < 1.29 is 4.79 Å². The highest BCUT2D eigenvalue weighted by molar-refractivity contribution is 5.76. The monoisotopic (exact) mass is 281 g/mol. The molecule has 1 fully saturated rings. The van der Waals surface area contributed by atoms with Gasteiger partial charge in [-0.1, -0.05) is 24.3 Å². The van der Waals surface area contributed by atoms with E-state index in [9.17, 15) is 4.79 Å². The minimum Gasteiger partial charge on any atom is -0.369 e. The molecule has 1 aliphatic heterocycles. The standard InChI is InChI=1S/C17H19N3O/c18-17(21)12-7-5-11(6-8-12)16-14-4-2-1-3-13(14)15-9-19-10-20(15)16/h1-4,9-12,16H,5-8H2,(H2,18,21)/t11-,12+,16-/m0/s1. The molecule has 1 saturated carbocycles. The lowest BCUT2D eigenvalue weighted by molar-refractivity contribution is -0.123. The zero-order valence-corrected chi connectivity index (χ0v) is 11.9. The summed E-state index contributed by atoms with van der Waals surface area (Å²) in [5.74, 6) is 0.501. The van der Waals surface area contributed by atoms with Crippen LogP contribution >= 0.6 is 0 Å². The third kappa shape index (κ3) is 1.89. The van der Waals surface area contributed by atoms with Crippen LogP contribution in [-0.4, -0.2) is 15.5 Å². The number of hydrogen-bond donors (Lipinski definition) is 1. The van der Waals surface area contributed by atoms with E-state index in [4.69, 9.17) is 5.73 Å². The van der Waals surface area contributed by atoms with Crippen molar-refractivity contribution in [3.63, 3.8) is 0 Å². The van der Waals surface area contributed by atoms with Crippen molar-refractivity contribution in [1.82, 2.24) is 9.55 Å². The molecule has 2 aliphatic rings. The van der Waals surface area contributed by atoms with Gasteiger partial charge in [-0.3, -0.25) is 4.79 Å². The summed E-state index contributed by atoms with van der Waals surface area (Å²) in [6.07, 6.45) is 7.86. The van der Waals surface area contributed by atoms with Gasteiger partial charge in [-0.05, 0) is 37.2 Å². The van der Waals surface area contributed by atoms with Gasteiger partial charge in [0, 0.05) is 11.5 Å².